The number of aryl methyl sites for hydroxylation is 2. The second-order valence-electron chi connectivity index (χ2n) is 7.96. The van der Waals surface area contributed by atoms with Gasteiger partial charge in [0.15, 0.2) is 6.04 Å². The van der Waals surface area contributed by atoms with Crippen LogP contribution in [0.15, 0.2) is 72.8 Å². The lowest BCUT2D eigenvalue weighted by atomic mass is 9.99. The molecule has 2 amide bonds. The first kappa shape index (κ1) is 21.3. The normalized spacial score (nSPS) is 19.0. The molecule has 162 valence electrons. The molecule has 2 N–H and O–H groups in total. The summed E-state index contributed by atoms with van der Waals surface area (Å²) in [5.74, 6) is 0.167. The highest BCUT2D eigenvalue weighted by atomic mass is 16.5. The minimum atomic E-state index is -0.766. The fraction of sp³-hybridized carbons (Fsp3) is 0.192. The highest BCUT2D eigenvalue weighted by molar-refractivity contribution is 5.98. The van der Waals surface area contributed by atoms with Crippen LogP contribution in [0.1, 0.15) is 38.7 Å². The molecule has 1 saturated heterocycles. The molecule has 1 aliphatic rings. The maximum Gasteiger partial charge on any atom is 0.304 e. The Balaban J connectivity index is 1.70. The van der Waals surface area contributed by atoms with Crippen LogP contribution in [0.4, 0.5) is 0 Å². The highest BCUT2D eigenvalue weighted by Crippen LogP contribution is 2.27. The van der Waals surface area contributed by atoms with Crippen molar-refractivity contribution in [2.75, 3.05) is 7.11 Å². The van der Waals surface area contributed by atoms with Crippen LogP contribution >= 0.6 is 0 Å². The SMILES string of the molecule is COc1ccc([C@@H]2[C@@H](NC(=O)c3cccc(C)c3)C(=O)N/[N+]2=C\c2ccc(C)cc2)cc1. The van der Waals surface area contributed by atoms with Gasteiger partial charge in [-0.3, -0.25) is 9.59 Å². The van der Waals surface area contributed by atoms with Crippen molar-refractivity contribution in [3.8, 4) is 5.75 Å². The lowest BCUT2D eigenvalue weighted by Gasteiger charge is -2.15. The first-order chi connectivity index (χ1) is 15.4. The number of rotatable bonds is 5. The third-order valence-corrected chi connectivity index (χ3v) is 5.53. The van der Waals surface area contributed by atoms with Gasteiger partial charge >= 0.3 is 5.91 Å². The number of hydrogen-bond donors (Lipinski definition) is 2. The zero-order valence-electron chi connectivity index (χ0n) is 18.3. The largest absolute Gasteiger partial charge is 0.497 e. The number of methoxy groups -OCH3 is 1. The minimum Gasteiger partial charge on any atom is -0.497 e. The molecule has 3 aromatic rings. The first-order valence-electron chi connectivity index (χ1n) is 10.5. The molecule has 0 spiro atoms. The Labute approximate surface area is 187 Å². The van der Waals surface area contributed by atoms with Gasteiger partial charge in [0, 0.05) is 16.7 Å². The average Bonchev–Trinajstić information content (AvgIpc) is 3.09. The second-order valence-corrected chi connectivity index (χ2v) is 7.96. The van der Waals surface area contributed by atoms with Gasteiger partial charge in [0.05, 0.1) is 7.11 Å². The summed E-state index contributed by atoms with van der Waals surface area (Å²) < 4.78 is 7.03. The van der Waals surface area contributed by atoms with E-state index < -0.39 is 12.1 Å². The minimum absolute atomic E-state index is 0.268. The molecule has 6 nitrogen and oxygen atoms in total. The standard InChI is InChI=1S/C26H25N3O3/c1-17-7-9-19(10-8-17)16-29-24(20-11-13-22(32-3)14-12-20)23(26(31)28-29)27-25(30)21-6-4-5-18(2)15-21/h4-16,23-24H,1-3H3,(H-,27,28,30,31)/p+1/b29-16-/t23-,24-/m1/s1. The number of nitrogens with zero attached hydrogens (tertiary/aromatic N) is 1. The van der Waals surface area contributed by atoms with E-state index in [4.69, 9.17) is 4.74 Å². The van der Waals surface area contributed by atoms with Crippen LogP contribution < -0.4 is 15.5 Å². The number of hydrogen-bond acceptors (Lipinski definition) is 3. The van der Waals surface area contributed by atoms with Gasteiger partial charge in [-0.15, -0.1) is 10.1 Å². The Kier molecular flexibility index (Phi) is 6.03. The van der Waals surface area contributed by atoms with E-state index in [9.17, 15) is 9.59 Å². The van der Waals surface area contributed by atoms with Crippen molar-refractivity contribution in [1.29, 1.82) is 0 Å². The zero-order valence-corrected chi connectivity index (χ0v) is 18.3. The van der Waals surface area contributed by atoms with Gasteiger partial charge in [-0.1, -0.05) is 35.4 Å². The molecule has 2 atom stereocenters. The van der Waals surface area contributed by atoms with Gasteiger partial charge in [-0.2, -0.15) is 0 Å². The Morgan fingerprint density at radius 2 is 1.72 bits per heavy atom. The number of hydrazine groups is 1. The molecular weight excluding hydrogens is 402 g/mol. The molecule has 0 aromatic heterocycles. The number of ether oxygens (including phenoxy) is 1. The number of benzene rings is 3. The molecule has 1 aliphatic heterocycles. The first-order valence-corrected chi connectivity index (χ1v) is 10.5. The molecule has 6 heteroatoms. The van der Waals surface area contributed by atoms with E-state index in [1.54, 1.807) is 23.9 Å². The van der Waals surface area contributed by atoms with Gasteiger partial charge in [0.1, 0.15) is 5.75 Å². The summed E-state index contributed by atoms with van der Waals surface area (Å²) in [4.78, 5) is 25.9. The number of hydrazone groups is 1. The lowest BCUT2D eigenvalue weighted by molar-refractivity contribution is -0.596. The number of carbonyl (C=O) groups excluding carboxylic acids is 2. The van der Waals surface area contributed by atoms with E-state index in [0.717, 1.165) is 28.0 Å². The third kappa shape index (κ3) is 4.54. The van der Waals surface area contributed by atoms with Crippen molar-refractivity contribution in [3.63, 3.8) is 0 Å². The monoisotopic (exact) mass is 428 g/mol. The van der Waals surface area contributed by atoms with Crippen LogP contribution in [0.5, 0.6) is 5.75 Å². The van der Waals surface area contributed by atoms with E-state index >= 15 is 0 Å². The summed E-state index contributed by atoms with van der Waals surface area (Å²) in [7, 11) is 1.61. The van der Waals surface area contributed by atoms with Crippen molar-refractivity contribution in [2.24, 2.45) is 0 Å². The predicted molar refractivity (Wildman–Crippen MR) is 123 cm³/mol. The molecule has 0 bridgehead atoms. The molecule has 1 heterocycles. The van der Waals surface area contributed by atoms with Gasteiger partial charge in [-0.05, 0) is 62.4 Å². The Bertz CT molecular complexity index is 1170. The molecule has 4 rings (SSSR count). The maximum absolute atomic E-state index is 13.0. The summed E-state index contributed by atoms with van der Waals surface area (Å²) in [6.07, 6.45) is 1.88. The summed E-state index contributed by atoms with van der Waals surface area (Å²) in [6.45, 7) is 3.95. The van der Waals surface area contributed by atoms with Crippen LogP contribution in [-0.2, 0) is 4.79 Å². The van der Waals surface area contributed by atoms with E-state index in [0.29, 0.717) is 5.56 Å². The quantitative estimate of drug-likeness (QED) is 0.613. The molecular formula is C26H26N3O3+. The summed E-state index contributed by atoms with van der Waals surface area (Å²) in [6, 6.07) is 21.6. The molecule has 0 aliphatic carbocycles. The predicted octanol–water partition coefficient (Wildman–Crippen LogP) is 3.33. The third-order valence-electron chi connectivity index (χ3n) is 5.53. The van der Waals surface area contributed by atoms with Crippen LogP contribution in [0.25, 0.3) is 0 Å². The van der Waals surface area contributed by atoms with E-state index in [1.807, 2.05) is 80.7 Å². The molecule has 0 radical (unpaired) electrons. The lowest BCUT2D eigenvalue weighted by Crippen LogP contribution is -2.42. The number of carbonyl (C=O) groups is 2. The van der Waals surface area contributed by atoms with Crippen molar-refractivity contribution >= 4 is 18.0 Å². The molecule has 3 aromatic carbocycles. The summed E-state index contributed by atoms with van der Waals surface area (Å²) >= 11 is 0. The van der Waals surface area contributed by atoms with Gasteiger partial charge < -0.3 is 10.1 Å². The highest BCUT2D eigenvalue weighted by Gasteiger charge is 2.47. The van der Waals surface area contributed by atoms with Crippen molar-refractivity contribution in [3.05, 3.63) is 101 Å². The van der Waals surface area contributed by atoms with Crippen molar-refractivity contribution < 1.29 is 19.0 Å². The zero-order chi connectivity index (χ0) is 22.7. The molecule has 0 unspecified atom stereocenters. The summed E-state index contributed by atoms with van der Waals surface area (Å²) in [5, 5.41) is 2.93. The maximum atomic E-state index is 13.0. The smallest absolute Gasteiger partial charge is 0.304 e. The number of amides is 2. The van der Waals surface area contributed by atoms with Crippen molar-refractivity contribution in [2.45, 2.75) is 25.9 Å². The second kappa shape index (κ2) is 9.06. The molecule has 0 saturated carbocycles. The Morgan fingerprint density at radius 3 is 2.38 bits per heavy atom. The van der Waals surface area contributed by atoms with E-state index in [-0.39, 0.29) is 11.8 Å². The fourth-order valence-electron chi connectivity index (χ4n) is 3.81. The van der Waals surface area contributed by atoms with Crippen molar-refractivity contribution in [1.82, 2.24) is 10.7 Å². The van der Waals surface area contributed by atoms with Gasteiger partial charge in [0.2, 0.25) is 12.3 Å². The molecule has 1 fully saturated rings. The van der Waals surface area contributed by atoms with Gasteiger partial charge in [-0.25, -0.2) is 0 Å². The van der Waals surface area contributed by atoms with Crippen LogP contribution in [0.2, 0.25) is 0 Å². The Hall–Kier alpha value is -3.93. The Morgan fingerprint density at radius 1 is 1.00 bits per heavy atom. The molecule has 32 heavy (non-hydrogen) atoms. The topological polar surface area (TPSA) is 70.4 Å². The van der Waals surface area contributed by atoms with Gasteiger partial charge in [0.25, 0.3) is 5.91 Å². The van der Waals surface area contributed by atoms with Crippen LogP contribution in [0.3, 0.4) is 0 Å². The number of nitrogens with one attached hydrogen (secondary N) is 2. The van der Waals surface area contributed by atoms with E-state index in [1.165, 1.54) is 0 Å². The van der Waals surface area contributed by atoms with E-state index in [2.05, 4.69) is 10.7 Å². The van der Waals surface area contributed by atoms with Crippen LogP contribution in [-0.4, -0.2) is 35.9 Å². The van der Waals surface area contributed by atoms with Crippen LogP contribution in [0, 0.1) is 13.8 Å². The fourth-order valence-corrected chi connectivity index (χ4v) is 3.81. The summed E-state index contributed by atoms with van der Waals surface area (Å²) in [5.41, 5.74) is 7.38. The average molecular weight is 429 g/mol.